The Morgan fingerprint density at radius 3 is 2.50 bits per heavy atom. The van der Waals surface area contributed by atoms with Crippen LogP contribution in [-0.2, 0) is 11.2 Å². The number of hydrogen-bond acceptors (Lipinski definition) is 2. The maximum atomic E-state index is 10.8. The van der Waals surface area contributed by atoms with Gasteiger partial charge in [-0.05, 0) is 49.3 Å². The molecule has 0 aliphatic carbocycles. The molecule has 1 fully saturated rings. The number of rotatable bonds is 8. The van der Waals surface area contributed by atoms with Crippen LogP contribution in [0.4, 0.5) is 0 Å². The van der Waals surface area contributed by atoms with Gasteiger partial charge in [0, 0.05) is 17.7 Å². The lowest BCUT2D eigenvalue weighted by Gasteiger charge is -2.35. The summed E-state index contributed by atoms with van der Waals surface area (Å²) >= 11 is 3.50. The minimum atomic E-state index is -0.509. The molecular formula is C19H29BrO2. The number of unbranched alkanes of at least 4 members (excludes halogenated alkanes) is 2. The Kier molecular flexibility index (Phi) is 7.39. The quantitative estimate of drug-likeness (QED) is 0.645. The standard InChI is InChI=1S/C19H29BrO2/c1-2-3-4-5-17(14-16-6-8-18(20)9-7-16)15-19(21)10-12-22-13-11-19/h6-9,17,21H,2-5,10-15H2,1H3. The number of halogens is 1. The molecule has 1 unspecified atom stereocenters. The first kappa shape index (κ1) is 18.0. The highest BCUT2D eigenvalue weighted by molar-refractivity contribution is 9.10. The third kappa shape index (κ3) is 6.02. The first-order chi connectivity index (χ1) is 10.6. The maximum Gasteiger partial charge on any atom is 0.0694 e. The number of benzene rings is 1. The van der Waals surface area contributed by atoms with E-state index in [4.69, 9.17) is 4.74 Å². The third-order valence-electron chi connectivity index (χ3n) is 4.75. The number of aliphatic hydroxyl groups is 1. The van der Waals surface area contributed by atoms with E-state index < -0.39 is 5.60 Å². The number of ether oxygens (including phenoxy) is 1. The molecular weight excluding hydrogens is 340 g/mol. The van der Waals surface area contributed by atoms with Crippen LogP contribution in [0.3, 0.4) is 0 Å². The lowest BCUT2D eigenvalue weighted by molar-refractivity contribution is -0.0769. The normalized spacial score (nSPS) is 19.0. The van der Waals surface area contributed by atoms with E-state index in [1.165, 1.54) is 31.2 Å². The van der Waals surface area contributed by atoms with E-state index in [-0.39, 0.29) is 0 Å². The van der Waals surface area contributed by atoms with Gasteiger partial charge in [-0.25, -0.2) is 0 Å². The lowest BCUT2D eigenvalue weighted by atomic mass is 9.80. The average molecular weight is 369 g/mol. The first-order valence-corrected chi connectivity index (χ1v) is 9.45. The van der Waals surface area contributed by atoms with E-state index in [0.29, 0.717) is 19.1 Å². The fourth-order valence-corrected chi connectivity index (χ4v) is 3.67. The van der Waals surface area contributed by atoms with Crippen LogP contribution in [-0.4, -0.2) is 23.9 Å². The van der Waals surface area contributed by atoms with Gasteiger partial charge in [0.15, 0.2) is 0 Å². The molecule has 0 bridgehead atoms. The summed E-state index contributed by atoms with van der Waals surface area (Å²) in [5.74, 6) is 0.566. The summed E-state index contributed by atoms with van der Waals surface area (Å²) in [4.78, 5) is 0. The highest BCUT2D eigenvalue weighted by atomic mass is 79.9. The van der Waals surface area contributed by atoms with Gasteiger partial charge in [-0.15, -0.1) is 0 Å². The molecule has 1 aromatic rings. The molecule has 3 heteroatoms. The molecule has 0 radical (unpaired) electrons. The minimum absolute atomic E-state index is 0.509. The van der Waals surface area contributed by atoms with Crippen molar-refractivity contribution in [1.82, 2.24) is 0 Å². The zero-order valence-electron chi connectivity index (χ0n) is 13.7. The lowest BCUT2D eigenvalue weighted by Crippen LogP contribution is -2.38. The van der Waals surface area contributed by atoms with Gasteiger partial charge >= 0.3 is 0 Å². The van der Waals surface area contributed by atoms with Crippen LogP contribution < -0.4 is 0 Å². The molecule has 124 valence electrons. The predicted octanol–water partition coefficient (Wildman–Crippen LogP) is 5.12. The average Bonchev–Trinajstić information content (AvgIpc) is 2.50. The molecule has 1 aliphatic heterocycles. The molecule has 22 heavy (non-hydrogen) atoms. The Hall–Kier alpha value is -0.380. The fraction of sp³-hybridized carbons (Fsp3) is 0.684. The molecule has 0 saturated carbocycles. The summed E-state index contributed by atoms with van der Waals surface area (Å²) in [5.41, 5.74) is 0.866. The van der Waals surface area contributed by atoms with Crippen molar-refractivity contribution >= 4 is 15.9 Å². The van der Waals surface area contributed by atoms with E-state index in [1.54, 1.807) is 0 Å². The molecule has 0 amide bonds. The summed E-state index contributed by atoms with van der Waals surface area (Å²) in [6.45, 7) is 3.66. The van der Waals surface area contributed by atoms with Crippen LogP contribution >= 0.6 is 15.9 Å². The molecule has 0 aromatic heterocycles. The number of hydrogen-bond donors (Lipinski definition) is 1. The summed E-state index contributed by atoms with van der Waals surface area (Å²) in [7, 11) is 0. The van der Waals surface area contributed by atoms with Crippen LogP contribution in [0.2, 0.25) is 0 Å². The van der Waals surface area contributed by atoms with Crippen LogP contribution in [0.25, 0.3) is 0 Å². The summed E-state index contributed by atoms with van der Waals surface area (Å²) < 4.78 is 6.54. The van der Waals surface area contributed by atoms with Crippen molar-refractivity contribution in [3.63, 3.8) is 0 Å². The second-order valence-corrected chi connectivity index (χ2v) is 7.65. The van der Waals surface area contributed by atoms with E-state index in [9.17, 15) is 5.11 Å². The molecule has 1 aromatic carbocycles. The Labute approximate surface area is 143 Å². The molecule has 1 aliphatic rings. The maximum absolute atomic E-state index is 10.8. The molecule has 1 atom stereocenters. The SMILES string of the molecule is CCCCCC(Cc1ccc(Br)cc1)CC1(O)CCOCC1. The van der Waals surface area contributed by atoms with Crippen molar-refractivity contribution in [1.29, 1.82) is 0 Å². The summed E-state index contributed by atoms with van der Waals surface area (Å²) in [6, 6.07) is 8.62. The molecule has 1 saturated heterocycles. The van der Waals surface area contributed by atoms with Crippen LogP contribution in [0.5, 0.6) is 0 Å². The highest BCUT2D eigenvalue weighted by Crippen LogP contribution is 2.32. The van der Waals surface area contributed by atoms with E-state index in [0.717, 1.165) is 30.2 Å². The van der Waals surface area contributed by atoms with Crippen molar-refractivity contribution in [2.24, 2.45) is 5.92 Å². The van der Waals surface area contributed by atoms with E-state index >= 15 is 0 Å². The van der Waals surface area contributed by atoms with Crippen LogP contribution in [0.1, 0.15) is 57.4 Å². The van der Waals surface area contributed by atoms with Gasteiger partial charge in [0.2, 0.25) is 0 Å². The minimum Gasteiger partial charge on any atom is -0.390 e. The van der Waals surface area contributed by atoms with Crippen molar-refractivity contribution in [3.05, 3.63) is 34.3 Å². The Morgan fingerprint density at radius 2 is 1.86 bits per heavy atom. The van der Waals surface area contributed by atoms with Gasteiger partial charge in [-0.1, -0.05) is 60.7 Å². The molecule has 2 rings (SSSR count). The van der Waals surface area contributed by atoms with E-state index in [2.05, 4.69) is 47.1 Å². The largest absolute Gasteiger partial charge is 0.390 e. The highest BCUT2D eigenvalue weighted by Gasteiger charge is 2.32. The van der Waals surface area contributed by atoms with Gasteiger partial charge in [0.1, 0.15) is 0 Å². The van der Waals surface area contributed by atoms with Crippen molar-refractivity contribution in [3.8, 4) is 0 Å². The Bertz CT molecular complexity index is 424. The third-order valence-corrected chi connectivity index (χ3v) is 5.27. The van der Waals surface area contributed by atoms with E-state index in [1.807, 2.05) is 0 Å². The molecule has 1 N–H and O–H groups in total. The van der Waals surface area contributed by atoms with Gasteiger partial charge in [-0.2, -0.15) is 0 Å². The smallest absolute Gasteiger partial charge is 0.0694 e. The topological polar surface area (TPSA) is 29.5 Å². The van der Waals surface area contributed by atoms with Gasteiger partial charge in [-0.3, -0.25) is 0 Å². The van der Waals surface area contributed by atoms with Gasteiger partial charge < -0.3 is 9.84 Å². The molecule has 2 nitrogen and oxygen atoms in total. The van der Waals surface area contributed by atoms with Crippen LogP contribution in [0, 0.1) is 5.92 Å². The Morgan fingerprint density at radius 1 is 1.18 bits per heavy atom. The van der Waals surface area contributed by atoms with Gasteiger partial charge in [0.05, 0.1) is 5.60 Å². The van der Waals surface area contributed by atoms with Crippen molar-refractivity contribution < 1.29 is 9.84 Å². The van der Waals surface area contributed by atoms with Crippen molar-refractivity contribution in [2.45, 2.75) is 63.9 Å². The zero-order chi connectivity index (χ0) is 15.8. The predicted molar refractivity (Wildman–Crippen MR) is 95.1 cm³/mol. The fourth-order valence-electron chi connectivity index (χ4n) is 3.41. The zero-order valence-corrected chi connectivity index (χ0v) is 15.3. The Balaban J connectivity index is 1.96. The second-order valence-electron chi connectivity index (χ2n) is 6.73. The van der Waals surface area contributed by atoms with Crippen LogP contribution in [0.15, 0.2) is 28.7 Å². The van der Waals surface area contributed by atoms with Gasteiger partial charge in [0.25, 0.3) is 0 Å². The summed E-state index contributed by atoms with van der Waals surface area (Å²) in [6.07, 6.45) is 8.59. The summed E-state index contributed by atoms with van der Waals surface area (Å²) in [5, 5.41) is 10.8. The molecule has 1 heterocycles. The van der Waals surface area contributed by atoms with Crippen molar-refractivity contribution in [2.75, 3.05) is 13.2 Å². The first-order valence-electron chi connectivity index (χ1n) is 8.66. The monoisotopic (exact) mass is 368 g/mol. The molecule has 0 spiro atoms. The second kappa shape index (κ2) is 9.05.